The van der Waals surface area contributed by atoms with Gasteiger partial charge in [0.1, 0.15) is 11.6 Å². The molecule has 4 heteroatoms. The minimum atomic E-state index is 0.115. The maximum absolute atomic E-state index is 9.21. The van der Waals surface area contributed by atoms with E-state index < -0.39 is 0 Å². The van der Waals surface area contributed by atoms with Crippen LogP contribution in [0.15, 0.2) is 54.6 Å². The second kappa shape index (κ2) is 7.09. The summed E-state index contributed by atoms with van der Waals surface area (Å²) in [5, 5.41) is 9.21. The number of rotatable bonds is 7. The maximum Gasteiger partial charge on any atom is 0.119 e. The van der Waals surface area contributed by atoms with Crippen LogP contribution in [0, 0.1) is 0 Å². The van der Waals surface area contributed by atoms with Crippen molar-refractivity contribution in [2.45, 2.75) is 19.4 Å². The van der Waals surface area contributed by atoms with E-state index >= 15 is 0 Å². The normalized spacial score (nSPS) is 11.0. The molecule has 22 heavy (non-hydrogen) atoms. The molecule has 4 nitrogen and oxygen atoms in total. The van der Waals surface area contributed by atoms with Gasteiger partial charge in [0.15, 0.2) is 0 Å². The molecule has 2 aromatic carbocycles. The third-order valence-electron chi connectivity index (χ3n) is 3.61. The van der Waals surface area contributed by atoms with Gasteiger partial charge in [0.2, 0.25) is 0 Å². The summed E-state index contributed by atoms with van der Waals surface area (Å²) in [6, 6.07) is 17.9. The van der Waals surface area contributed by atoms with Crippen LogP contribution in [0.4, 0.5) is 0 Å². The first-order chi connectivity index (χ1) is 10.9. The van der Waals surface area contributed by atoms with Crippen molar-refractivity contribution < 1.29 is 9.84 Å². The average molecular weight is 296 g/mol. The molecule has 0 atom stereocenters. The topological polar surface area (TPSA) is 47.3 Å². The second-order valence-corrected chi connectivity index (χ2v) is 5.16. The van der Waals surface area contributed by atoms with Gasteiger partial charge < -0.3 is 14.4 Å². The summed E-state index contributed by atoms with van der Waals surface area (Å²) >= 11 is 0. The zero-order chi connectivity index (χ0) is 15.2. The monoisotopic (exact) mass is 296 g/mol. The van der Waals surface area contributed by atoms with Crippen molar-refractivity contribution in [3.05, 3.63) is 60.4 Å². The number of fused-ring (bicyclic) bond motifs is 1. The molecule has 0 fully saturated rings. The van der Waals surface area contributed by atoms with E-state index in [1.165, 1.54) is 0 Å². The summed E-state index contributed by atoms with van der Waals surface area (Å²) in [4.78, 5) is 4.60. The van der Waals surface area contributed by atoms with Crippen molar-refractivity contribution in [2.75, 3.05) is 13.2 Å². The summed E-state index contributed by atoms with van der Waals surface area (Å²) < 4.78 is 7.91. The van der Waals surface area contributed by atoms with E-state index in [-0.39, 0.29) is 6.61 Å². The third kappa shape index (κ3) is 3.28. The fourth-order valence-corrected chi connectivity index (χ4v) is 2.60. The molecule has 0 saturated heterocycles. The van der Waals surface area contributed by atoms with Gasteiger partial charge in [-0.1, -0.05) is 30.3 Å². The fraction of sp³-hybridized carbons (Fsp3) is 0.278. The van der Waals surface area contributed by atoms with Gasteiger partial charge in [0.25, 0.3) is 0 Å². The SMILES string of the molecule is OCCc1nc2ccccc2n1CCCOc1ccccc1. The van der Waals surface area contributed by atoms with Crippen LogP contribution in [0.25, 0.3) is 11.0 Å². The highest BCUT2D eigenvalue weighted by atomic mass is 16.5. The molecule has 0 unspecified atom stereocenters. The van der Waals surface area contributed by atoms with Crippen LogP contribution in [0.3, 0.4) is 0 Å². The zero-order valence-electron chi connectivity index (χ0n) is 12.5. The Hall–Kier alpha value is -2.33. The lowest BCUT2D eigenvalue weighted by molar-refractivity contribution is 0.289. The minimum Gasteiger partial charge on any atom is -0.494 e. The smallest absolute Gasteiger partial charge is 0.119 e. The van der Waals surface area contributed by atoms with E-state index in [4.69, 9.17) is 4.74 Å². The van der Waals surface area contributed by atoms with E-state index in [1.807, 2.05) is 48.5 Å². The average Bonchev–Trinajstić information content (AvgIpc) is 2.90. The number of aliphatic hydroxyl groups is 1. The summed E-state index contributed by atoms with van der Waals surface area (Å²) in [6.45, 7) is 1.61. The zero-order valence-corrected chi connectivity index (χ0v) is 12.5. The summed E-state index contributed by atoms with van der Waals surface area (Å²) in [7, 11) is 0. The van der Waals surface area contributed by atoms with E-state index in [0.717, 1.165) is 35.6 Å². The van der Waals surface area contributed by atoms with E-state index in [9.17, 15) is 5.11 Å². The molecule has 3 rings (SSSR count). The summed E-state index contributed by atoms with van der Waals surface area (Å²) in [5.41, 5.74) is 2.10. The number of imidazole rings is 1. The first kappa shape index (κ1) is 14.6. The van der Waals surface area contributed by atoms with Gasteiger partial charge in [-0.05, 0) is 30.7 Å². The largest absolute Gasteiger partial charge is 0.494 e. The Labute approximate surface area is 130 Å². The summed E-state index contributed by atoms with van der Waals surface area (Å²) in [6.07, 6.45) is 1.47. The molecule has 3 aromatic rings. The van der Waals surface area contributed by atoms with Gasteiger partial charge in [-0.2, -0.15) is 0 Å². The number of benzene rings is 2. The Morgan fingerprint density at radius 1 is 1.00 bits per heavy atom. The minimum absolute atomic E-state index is 0.115. The number of aromatic nitrogens is 2. The number of hydrogen-bond donors (Lipinski definition) is 1. The fourth-order valence-electron chi connectivity index (χ4n) is 2.60. The molecule has 0 bridgehead atoms. The van der Waals surface area contributed by atoms with Gasteiger partial charge >= 0.3 is 0 Å². The van der Waals surface area contributed by atoms with Crippen molar-refractivity contribution >= 4 is 11.0 Å². The Bertz CT molecular complexity index is 722. The first-order valence-corrected chi connectivity index (χ1v) is 7.61. The van der Waals surface area contributed by atoms with Crippen molar-refractivity contribution in [2.24, 2.45) is 0 Å². The summed E-state index contributed by atoms with van der Waals surface area (Å²) in [5.74, 6) is 1.83. The molecule has 1 heterocycles. The molecule has 0 spiro atoms. The van der Waals surface area contributed by atoms with Crippen molar-refractivity contribution in [3.8, 4) is 5.75 Å². The van der Waals surface area contributed by atoms with E-state index in [2.05, 4.69) is 15.6 Å². The molecule has 114 valence electrons. The molecule has 1 N–H and O–H groups in total. The molecular formula is C18H20N2O2. The number of para-hydroxylation sites is 3. The molecular weight excluding hydrogens is 276 g/mol. The van der Waals surface area contributed by atoms with E-state index in [1.54, 1.807) is 0 Å². The van der Waals surface area contributed by atoms with Crippen LogP contribution in [0.2, 0.25) is 0 Å². The number of aliphatic hydroxyl groups excluding tert-OH is 1. The van der Waals surface area contributed by atoms with Gasteiger partial charge in [-0.15, -0.1) is 0 Å². The Morgan fingerprint density at radius 2 is 1.77 bits per heavy atom. The molecule has 1 aromatic heterocycles. The lowest BCUT2D eigenvalue weighted by Crippen LogP contribution is -2.09. The molecule has 0 radical (unpaired) electrons. The highest BCUT2D eigenvalue weighted by molar-refractivity contribution is 5.75. The predicted octanol–water partition coefficient (Wildman–Crippen LogP) is 3.04. The number of aryl methyl sites for hydroxylation is 1. The predicted molar refractivity (Wildman–Crippen MR) is 87.1 cm³/mol. The number of nitrogens with zero attached hydrogens (tertiary/aromatic N) is 2. The van der Waals surface area contributed by atoms with Gasteiger partial charge in [-0.3, -0.25) is 0 Å². The second-order valence-electron chi connectivity index (χ2n) is 5.16. The van der Waals surface area contributed by atoms with Crippen LogP contribution in [0.5, 0.6) is 5.75 Å². The lowest BCUT2D eigenvalue weighted by Gasteiger charge is -2.10. The first-order valence-electron chi connectivity index (χ1n) is 7.61. The van der Waals surface area contributed by atoms with Crippen LogP contribution in [-0.4, -0.2) is 27.9 Å². The Morgan fingerprint density at radius 3 is 2.59 bits per heavy atom. The van der Waals surface area contributed by atoms with Gasteiger partial charge in [0.05, 0.1) is 24.2 Å². The molecule has 0 aliphatic rings. The van der Waals surface area contributed by atoms with E-state index in [0.29, 0.717) is 13.0 Å². The van der Waals surface area contributed by atoms with Crippen LogP contribution >= 0.6 is 0 Å². The molecule has 0 amide bonds. The standard InChI is InChI=1S/C18H20N2O2/c21-13-11-18-19-16-9-4-5-10-17(16)20(18)12-6-14-22-15-7-2-1-3-8-15/h1-5,7-10,21H,6,11-14H2. The van der Waals surface area contributed by atoms with Crippen LogP contribution < -0.4 is 4.74 Å². The number of ether oxygens (including phenoxy) is 1. The highest BCUT2D eigenvalue weighted by Crippen LogP contribution is 2.17. The maximum atomic E-state index is 9.21. The van der Waals surface area contributed by atoms with Crippen molar-refractivity contribution in [1.82, 2.24) is 9.55 Å². The third-order valence-corrected chi connectivity index (χ3v) is 3.61. The Kier molecular flexibility index (Phi) is 4.71. The molecule has 0 saturated carbocycles. The molecule has 0 aliphatic heterocycles. The van der Waals surface area contributed by atoms with Crippen LogP contribution in [-0.2, 0) is 13.0 Å². The Balaban J connectivity index is 1.66. The van der Waals surface area contributed by atoms with Crippen molar-refractivity contribution in [3.63, 3.8) is 0 Å². The number of hydrogen-bond acceptors (Lipinski definition) is 3. The lowest BCUT2D eigenvalue weighted by atomic mass is 10.3. The van der Waals surface area contributed by atoms with Crippen LogP contribution in [0.1, 0.15) is 12.2 Å². The van der Waals surface area contributed by atoms with Gasteiger partial charge in [-0.25, -0.2) is 4.98 Å². The quantitative estimate of drug-likeness (QED) is 0.682. The molecule has 0 aliphatic carbocycles. The highest BCUT2D eigenvalue weighted by Gasteiger charge is 2.09. The van der Waals surface area contributed by atoms with Crippen molar-refractivity contribution in [1.29, 1.82) is 0 Å². The van der Waals surface area contributed by atoms with Gasteiger partial charge in [0, 0.05) is 13.0 Å².